The number of nitrogens with zero attached hydrogens (tertiary/aromatic N) is 1. The lowest BCUT2D eigenvalue weighted by molar-refractivity contribution is -0.0741. The second kappa shape index (κ2) is 3.57. The van der Waals surface area contributed by atoms with Crippen LogP contribution in [0.1, 0.15) is 34.6 Å². The van der Waals surface area contributed by atoms with Crippen molar-refractivity contribution in [1.29, 1.82) is 10.8 Å². The van der Waals surface area contributed by atoms with Crippen LogP contribution >= 0.6 is 0 Å². The first-order chi connectivity index (χ1) is 6.01. The molecule has 14 heavy (non-hydrogen) atoms. The van der Waals surface area contributed by atoms with Crippen LogP contribution in [0.2, 0.25) is 0 Å². The number of nitrogens with two attached hydrogens (primary N) is 1. The van der Waals surface area contributed by atoms with E-state index in [0.29, 0.717) is 0 Å². The van der Waals surface area contributed by atoms with Crippen molar-refractivity contribution < 1.29 is 5.21 Å². The van der Waals surface area contributed by atoms with Gasteiger partial charge in [-0.2, -0.15) is 0 Å². The Morgan fingerprint density at radius 1 is 1.14 bits per heavy atom. The maximum Gasteiger partial charge on any atom is 0.127 e. The summed E-state index contributed by atoms with van der Waals surface area (Å²) in [5.41, 5.74) is 3.83. The largest absolute Gasteiger partial charge is 0.386 e. The Hall–Kier alpha value is -1.10. The summed E-state index contributed by atoms with van der Waals surface area (Å²) in [6.45, 7) is 8.63. The number of hydrogen-bond donors (Lipinski definition) is 4. The van der Waals surface area contributed by atoms with Gasteiger partial charge in [0.2, 0.25) is 0 Å². The van der Waals surface area contributed by atoms with Gasteiger partial charge in [-0.3, -0.25) is 16.0 Å². The molecular weight excluding hydrogens is 180 g/mol. The Balaban J connectivity index is 4.89. The van der Waals surface area contributed by atoms with Gasteiger partial charge in [0.05, 0.1) is 0 Å². The summed E-state index contributed by atoms with van der Waals surface area (Å²) in [5, 5.41) is 25.5. The molecule has 0 spiro atoms. The van der Waals surface area contributed by atoms with Crippen molar-refractivity contribution >= 4 is 11.7 Å². The zero-order valence-electron chi connectivity index (χ0n) is 9.47. The molecule has 0 aliphatic heterocycles. The summed E-state index contributed by atoms with van der Waals surface area (Å²) in [6.07, 6.45) is 0. The highest BCUT2D eigenvalue weighted by molar-refractivity contribution is 5.93. The molecule has 0 radical (unpaired) electrons. The highest BCUT2D eigenvalue weighted by Gasteiger charge is 2.35. The Labute approximate surface area is 84.9 Å². The van der Waals surface area contributed by atoms with Crippen LogP contribution in [0, 0.1) is 16.2 Å². The average molecular weight is 200 g/mol. The molecule has 0 aromatic heterocycles. The fourth-order valence-electron chi connectivity index (χ4n) is 0.711. The van der Waals surface area contributed by atoms with Gasteiger partial charge in [0.15, 0.2) is 0 Å². The Morgan fingerprint density at radius 2 is 1.50 bits per heavy atom. The van der Waals surface area contributed by atoms with Crippen molar-refractivity contribution in [1.82, 2.24) is 5.06 Å². The minimum absolute atomic E-state index is 0.0395. The van der Waals surface area contributed by atoms with Gasteiger partial charge in [0.25, 0.3) is 0 Å². The molecule has 0 unspecified atom stereocenters. The predicted molar refractivity (Wildman–Crippen MR) is 56.8 cm³/mol. The summed E-state index contributed by atoms with van der Waals surface area (Å²) < 4.78 is 0. The van der Waals surface area contributed by atoms with Crippen molar-refractivity contribution in [3.63, 3.8) is 0 Å². The lowest BCUT2D eigenvalue weighted by atomic mass is 9.92. The highest BCUT2D eigenvalue weighted by Crippen LogP contribution is 2.22. The van der Waals surface area contributed by atoms with Crippen LogP contribution in [0.5, 0.6) is 0 Å². The summed E-state index contributed by atoms with van der Waals surface area (Å²) in [7, 11) is 0. The summed E-state index contributed by atoms with van der Waals surface area (Å²) in [6, 6.07) is 0. The third kappa shape index (κ3) is 2.45. The van der Waals surface area contributed by atoms with Gasteiger partial charge in [0, 0.05) is 5.41 Å². The molecule has 82 valence electrons. The van der Waals surface area contributed by atoms with E-state index in [1.54, 1.807) is 13.8 Å². The van der Waals surface area contributed by atoms with E-state index in [2.05, 4.69) is 0 Å². The van der Waals surface area contributed by atoms with E-state index < -0.39 is 11.0 Å². The topological polar surface area (TPSA) is 97.2 Å². The minimum atomic E-state index is -1.04. The van der Waals surface area contributed by atoms with E-state index >= 15 is 0 Å². The fraction of sp³-hybridized carbons (Fsp3) is 0.778. The molecule has 5 nitrogen and oxygen atoms in total. The third-order valence-electron chi connectivity index (χ3n) is 2.11. The maximum atomic E-state index is 9.74. The molecule has 5 N–H and O–H groups in total. The second-order valence-corrected chi connectivity index (χ2v) is 4.88. The van der Waals surface area contributed by atoms with E-state index in [-0.39, 0.29) is 11.7 Å². The van der Waals surface area contributed by atoms with Gasteiger partial charge < -0.3 is 5.73 Å². The molecule has 5 heteroatoms. The van der Waals surface area contributed by atoms with Crippen LogP contribution in [-0.4, -0.2) is 27.5 Å². The summed E-state index contributed by atoms with van der Waals surface area (Å²) >= 11 is 0. The fourth-order valence-corrected chi connectivity index (χ4v) is 0.711. The Kier molecular flexibility index (Phi) is 3.29. The van der Waals surface area contributed by atoms with E-state index in [9.17, 15) is 5.21 Å². The highest BCUT2D eigenvalue weighted by atomic mass is 16.5. The van der Waals surface area contributed by atoms with Crippen LogP contribution in [0.4, 0.5) is 0 Å². The van der Waals surface area contributed by atoms with Crippen molar-refractivity contribution in [2.45, 2.75) is 40.2 Å². The minimum Gasteiger partial charge on any atom is -0.386 e. The van der Waals surface area contributed by atoms with Crippen molar-refractivity contribution in [3.8, 4) is 0 Å². The molecule has 0 aliphatic rings. The normalized spacial score (nSPS) is 12.4. The van der Waals surface area contributed by atoms with Gasteiger partial charge in [-0.1, -0.05) is 20.8 Å². The van der Waals surface area contributed by atoms with Gasteiger partial charge in [-0.25, -0.2) is 5.06 Å². The van der Waals surface area contributed by atoms with Crippen molar-refractivity contribution in [3.05, 3.63) is 0 Å². The number of rotatable bonds is 2. The maximum absolute atomic E-state index is 9.74. The van der Waals surface area contributed by atoms with E-state index in [0.717, 1.165) is 5.06 Å². The Bertz CT molecular complexity index is 252. The van der Waals surface area contributed by atoms with Crippen LogP contribution in [0.15, 0.2) is 0 Å². The molecule has 0 saturated heterocycles. The first-order valence-corrected chi connectivity index (χ1v) is 4.44. The van der Waals surface area contributed by atoms with Gasteiger partial charge in [-0.05, 0) is 13.8 Å². The molecule has 0 amide bonds. The molecule has 0 aliphatic carbocycles. The summed E-state index contributed by atoms with van der Waals surface area (Å²) in [4.78, 5) is 0. The third-order valence-corrected chi connectivity index (χ3v) is 2.11. The standard InChI is InChI=1S/C9H20N4O/c1-8(2,3)7(12)13(14)9(4,5)6(10)11/h12,14H,1-5H3,(H3,10,11). The quantitative estimate of drug-likeness (QED) is 0.308. The van der Waals surface area contributed by atoms with Crippen molar-refractivity contribution in [2.24, 2.45) is 11.1 Å². The van der Waals surface area contributed by atoms with Crippen molar-refractivity contribution in [2.75, 3.05) is 0 Å². The van der Waals surface area contributed by atoms with Gasteiger partial charge in [0.1, 0.15) is 17.2 Å². The molecule has 0 heterocycles. The van der Waals surface area contributed by atoms with Gasteiger partial charge in [-0.15, -0.1) is 0 Å². The van der Waals surface area contributed by atoms with Crippen LogP contribution in [0.25, 0.3) is 0 Å². The molecule has 0 bridgehead atoms. The summed E-state index contributed by atoms with van der Waals surface area (Å²) in [5.74, 6) is -0.133. The molecule has 0 saturated carbocycles. The number of hydrogen-bond acceptors (Lipinski definition) is 3. The number of hydroxylamine groups is 2. The molecule has 0 aromatic carbocycles. The number of amidine groups is 2. The van der Waals surface area contributed by atoms with E-state index in [1.165, 1.54) is 0 Å². The average Bonchev–Trinajstić information content (AvgIpc) is 1.99. The molecular formula is C9H20N4O. The van der Waals surface area contributed by atoms with Gasteiger partial charge >= 0.3 is 0 Å². The van der Waals surface area contributed by atoms with Crippen LogP contribution < -0.4 is 5.73 Å². The predicted octanol–water partition coefficient (Wildman–Crippen LogP) is 1.42. The molecule has 0 atom stereocenters. The monoisotopic (exact) mass is 200 g/mol. The number of nitrogens with one attached hydrogen (secondary N) is 2. The SMILES string of the molecule is CC(C)(C)C(=N)N(O)C(C)(C)C(=N)N. The smallest absolute Gasteiger partial charge is 0.127 e. The Morgan fingerprint density at radius 3 is 1.71 bits per heavy atom. The van der Waals surface area contributed by atoms with Crippen LogP contribution in [0.3, 0.4) is 0 Å². The second-order valence-electron chi connectivity index (χ2n) is 4.88. The zero-order chi connectivity index (χ0) is 11.7. The lowest BCUT2D eigenvalue weighted by Gasteiger charge is -2.37. The zero-order valence-corrected chi connectivity index (χ0v) is 9.47. The van der Waals surface area contributed by atoms with E-state index in [1.807, 2.05) is 20.8 Å². The van der Waals surface area contributed by atoms with E-state index in [4.69, 9.17) is 16.6 Å². The first kappa shape index (κ1) is 12.9. The molecule has 0 rings (SSSR count). The van der Waals surface area contributed by atoms with Crippen LogP contribution in [-0.2, 0) is 0 Å². The molecule has 0 aromatic rings. The molecule has 0 fully saturated rings. The first-order valence-electron chi connectivity index (χ1n) is 4.44. The lowest BCUT2D eigenvalue weighted by Crippen LogP contribution is -2.56.